The van der Waals surface area contributed by atoms with E-state index in [4.69, 9.17) is 37.9 Å². The molecule has 0 aliphatic rings. The number of aliphatic hydroxyl groups is 2. The van der Waals surface area contributed by atoms with Crippen molar-refractivity contribution in [3.63, 3.8) is 0 Å². The third-order valence-electron chi connectivity index (χ3n) is 27.3. The van der Waals surface area contributed by atoms with Crippen LogP contribution in [0.15, 0.2) is 0 Å². The molecular weight excluding hydrogens is 1540 g/mol. The van der Waals surface area contributed by atoms with Crippen LogP contribution in [0.4, 0.5) is 0 Å². The molecule has 0 aromatic carbocycles. The van der Waals surface area contributed by atoms with E-state index in [1.165, 1.54) is 405 Å². The van der Waals surface area contributed by atoms with Gasteiger partial charge in [0.15, 0.2) is 0 Å². The molecule has 11 heteroatoms. The first kappa shape index (κ1) is 125. The summed E-state index contributed by atoms with van der Waals surface area (Å²) in [6.45, 7) is 23.0. The van der Waals surface area contributed by atoms with Crippen molar-refractivity contribution in [3.8, 4) is 0 Å². The molecule has 0 spiro atoms. The van der Waals surface area contributed by atoms with Gasteiger partial charge in [0.2, 0.25) is 0 Å². The smallest absolute Gasteiger partial charge is 0.294 e. The lowest BCUT2D eigenvalue weighted by Crippen LogP contribution is -2.82. The topological polar surface area (TPSA) is 118 Å². The van der Waals surface area contributed by atoms with Crippen LogP contribution < -0.4 is 0 Å². The molecule has 0 aromatic rings. The van der Waals surface area contributed by atoms with E-state index < -0.39 is 36.6 Å². The molecule has 0 amide bonds. The molecule has 0 fully saturated rings. The van der Waals surface area contributed by atoms with Gasteiger partial charge in [0.1, 0.15) is 13.2 Å². The SMILES string of the molecule is CCCCCCCCCCCCOC(CO)(OCCCCCCCCCCCC)C(OCCCCCCCCCCCC)(OCCCCCCCCCCCC)N(CCCCCCCCCCCC)C(OCCCCCCCCCCCC)(OCCCCCCCCCCCC)C(CO)(OCCCCCCCCCCCC)OCCCCCCCCCCCC. The Morgan fingerprint density at radius 3 is 0.360 bits per heavy atom. The van der Waals surface area contributed by atoms with Gasteiger partial charge in [0.25, 0.3) is 23.4 Å². The van der Waals surface area contributed by atoms with Gasteiger partial charge in [-0.2, -0.15) is 4.90 Å². The van der Waals surface area contributed by atoms with E-state index in [9.17, 15) is 10.2 Å². The summed E-state index contributed by atoms with van der Waals surface area (Å²) < 4.78 is 64.6. The maximum absolute atomic E-state index is 13.6. The Kier molecular flexibility index (Phi) is 101. The minimum atomic E-state index is -2.01. The van der Waals surface area contributed by atoms with Crippen LogP contribution in [0.2, 0.25) is 0 Å². The number of unbranched alkanes of at least 4 members (excludes halogenated alkanes) is 81. The molecule has 0 aliphatic carbocycles. The highest BCUT2D eigenvalue weighted by molar-refractivity contribution is 5.01. The third-order valence-corrected chi connectivity index (χ3v) is 27.3. The maximum Gasteiger partial charge on any atom is 0.294 e. The molecule has 125 heavy (non-hydrogen) atoms. The number of ether oxygens (including phenoxy) is 8. The van der Waals surface area contributed by atoms with Gasteiger partial charge >= 0.3 is 0 Å². The fourth-order valence-corrected chi connectivity index (χ4v) is 18.8. The van der Waals surface area contributed by atoms with Crippen molar-refractivity contribution < 1.29 is 48.1 Å². The molecule has 0 bridgehead atoms. The predicted octanol–water partition coefficient (Wildman–Crippen LogP) is 37.4. The van der Waals surface area contributed by atoms with Crippen molar-refractivity contribution in [1.82, 2.24) is 4.90 Å². The summed E-state index contributed by atoms with van der Waals surface area (Å²) >= 11 is 0. The number of hydrogen-bond donors (Lipinski definition) is 2. The van der Waals surface area contributed by atoms with E-state index >= 15 is 0 Å². The summed E-state index contributed by atoms with van der Waals surface area (Å²) in [4.78, 5) is 2.27. The fourth-order valence-electron chi connectivity index (χ4n) is 18.8. The molecule has 0 radical (unpaired) electrons. The number of hydrogen-bond acceptors (Lipinski definition) is 11. The first-order chi connectivity index (χ1) is 61.8. The number of nitrogens with zero attached hydrogens (tertiary/aromatic N) is 1. The lowest BCUT2D eigenvalue weighted by Gasteiger charge is -2.60. The van der Waals surface area contributed by atoms with E-state index in [1.807, 2.05) is 0 Å². The predicted molar refractivity (Wildman–Crippen MR) is 546 cm³/mol. The zero-order valence-electron chi connectivity index (χ0n) is 87.0. The van der Waals surface area contributed by atoms with Crippen molar-refractivity contribution in [2.45, 2.75) is 664 Å². The largest absolute Gasteiger partial charge is 0.390 e. The van der Waals surface area contributed by atoms with Crippen LogP contribution in [0.5, 0.6) is 0 Å². The molecular formula is C114H231NO10. The lowest BCUT2D eigenvalue weighted by atomic mass is 10.0. The van der Waals surface area contributed by atoms with Crippen molar-refractivity contribution >= 4 is 0 Å². The van der Waals surface area contributed by atoms with Gasteiger partial charge < -0.3 is 48.1 Å². The van der Waals surface area contributed by atoms with Crippen LogP contribution in [0, 0.1) is 0 Å². The summed E-state index contributed by atoms with van der Waals surface area (Å²) in [5, 5.41) is 27.1. The highest BCUT2D eigenvalue weighted by atomic mass is 16.8. The van der Waals surface area contributed by atoms with E-state index in [2.05, 4.69) is 67.2 Å². The summed E-state index contributed by atoms with van der Waals surface area (Å²) in [6, 6.07) is 0. The number of rotatable bonds is 113. The van der Waals surface area contributed by atoms with Crippen LogP contribution >= 0.6 is 0 Å². The molecule has 752 valence electrons. The van der Waals surface area contributed by atoms with Crippen molar-refractivity contribution in [3.05, 3.63) is 0 Å². The normalized spacial score (nSPS) is 12.5. The van der Waals surface area contributed by atoms with Gasteiger partial charge in [-0.1, -0.05) is 582 Å². The molecule has 0 atom stereocenters. The molecule has 0 heterocycles. The minimum Gasteiger partial charge on any atom is -0.390 e. The maximum atomic E-state index is 13.6. The van der Waals surface area contributed by atoms with Crippen molar-refractivity contribution in [2.75, 3.05) is 72.6 Å². The summed E-state index contributed by atoms with van der Waals surface area (Å²) in [5.74, 6) is -7.84. The standard InChI is InChI=1S/C114H231NO10/c1-10-19-28-37-46-55-64-73-82-91-100-115(113(122-105-96-87-78-69-60-51-42-33-24-15-6,123-106-97-88-79-70-61-52-43-34-25-16-7)111(109-116,118-101-92-83-74-65-56-47-38-29-20-11-2)119-102-93-84-75-66-57-48-39-30-21-12-3)114(124-107-98-89-80-71-62-53-44-35-26-17-8,125-108-99-90-81-72-63-54-45-36-27-18-9)112(110-117,120-103-94-85-76-67-58-49-40-31-22-13-4)121-104-95-86-77-68-59-50-41-32-23-14-5/h116-117H,10-110H2,1-9H3. The Hall–Kier alpha value is -0.440. The molecule has 0 aromatic heterocycles. The Bertz CT molecular complexity index is 1750. The summed E-state index contributed by atoms with van der Waals surface area (Å²) in [5.41, 5.74) is 0. The lowest BCUT2D eigenvalue weighted by molar-refractivity contribution is -0.545. The summed E-state index contributed by atoms with van der Waals surface area (Å²) in [7, 11) is 0. The number of aliphatic hydroxyl groups excluding tert-OH is 2. The third kappa shape index (κ3) is 71.7. The van der Waals surface area contributed by atoms with Crippen LogP contribution in [0.3, 0.4) is 0 Å². The van der Waals surface area contributed by atoms with Gasteiger partial charge in [-0.05, 0) is 57.8 Å². The first-order valence-corrected chi connectivity index (χ1v) is 57.9. The zero-order valence-corrected chi connectivity index (χ0v) is 87.0. The van der Waals surface area contributed by atoms with Gasteiger partial charge in [0.05, 0.1) is 52.9 Å². The van der Waals surface area contributed by atoms with Gasteiger partial charge in [-0.15, -0.1) is 0 Å². The monoisotopic (exact) mass is 1770 g/mol. The molecule has 2 N–H and O–H groups in total. The Balaban J connectivity index is 9.86. The van der Waals surface area contributed by atoms with Crippen molar-refractivity contribution in [2.24, 2.45) is 0 Å². The van der Waals surface area contributed by atoms with Gasteiger partial charge in [0, 0.05) is 6.54 Å². The average molecular weight is 1780 g/mol. The van der Waals surface area contributed by atoms with Crippen molar-refractivity contribution in [1.29, 1.82) is 0 Å². The second-order valence-electron chi connectivity index (χ2n) is 39.6. The Morgan fingerprint density at radius 1 is 0.136 bits per heavy atom. The molecule has 0 saturated carbocycles. The van der Waals surface area contributed by atoms with E-state index in [0.29, 0.717) is 59.4 Å². The second kappa shape index (κ2) is 101. The second-order valence-corrected chi connectivity index (χ2v) is 39.6. The van der Waals surface area contributed by atoms with E-state index in [0.717, 1.165) is 173 Å². The van der Waals surface area contributed by atoms with Crippen LogP contribution in [0.1, 0.15) is 640 Å². The van der Waals surface area contributed by atoms with Crippen LogP contribution in [0.25, 0.3) is 0 Å². The fraction of sp³-hybridized carbons (Fsp3) is 1.00. The molecule has 0 rings (SSSR count). The van der Waals surface area contributed by atoms with E-state index in [-0.39, 0.29) is 0 Å². The van der Waals surface area contributed by atoms with Gasteiger partial charge in [-0.25, -0.2) is 0 Å². The summed E-state index contributed by atoms with van der Waals surface area (Å²) in [6.07, 6.45) is 107. The quantitative estimate of drug-likeness (QED) is 0.0448. The molecule has 11 nitrogen and oxygen atoms in total. The average Bonchev–Trinajstić information content (AvgIpc) is 0.708. The van der Waals surface area contributed by atoms with Crippen LogP contribution in [-0.2, 0) is 37.9 Å². The zero-order chi connectivity index (χ0) is 90.7. The minimum absolute atomic E-state index is 0.339. The Morgan fingerprint density at radius 2 is 0.240 bits per heavy atom. The van der Waals surface area contributed by atoms with Gasteiger partial charge in [-0.3, -0.25) is 0 Å². The molecule has 0 unspecified atom stereocenters. The molecule has 0 aliphatic heterocycles. The van der Waals surface area contributed by atoms with E-state index in [1.54, 1.807) is 0 Å². The molecule has 0 saturated heterocycles. The Labute approximate surface area is 784 Å². The highest BCUT2D eigenvalue weighted by Crippen LogP contribution is 2.49. The van der Waals surface area contributed by atoms with Crippen LogP contribution in [-0.4, -0.2) is 111 Å². The first-order valence-electron chi connectivity index (χ1n) is 57.9. The highest BCUT2D eigenvalue weighted by Gasteiger charge is 2.72.